The predicted octanol–water partition coefficient (Wildman–Crippen LogP) is 1.30. The molecule has 0 saturated carbocycles. The molecule has 1 saturated heterocycles. The van der Waals surface area contributed by atoms with Gasteiger partial charge in [-0.05, 0) is 26.7 Å². The Bertz CT molecular complexity index is 276. The van der Waals surface area contributed by atoms with Crippen LogP contribution in [0.5, 0.6) is 0 Å². The van der Waals surface area contributed by atoms with Gasteiger partial charge in [0, 0.05) is 6.04 Å². The molecule has 1 rings (SSSR count). The summed E-state index contributed by atoms with van der Waals surface area (Å²) in [6, 6.07) is -0.522. The molecule has 1 aliphatic rings. The first-order chi connectivity index (χ1) is 7.52. The second kappa shape index (κ2) is 5.32. The van der Waals surface area contributed by atoms with Gasteiger partial charge >= 0.3 is 0 Å². The van der Waals surface area contributed by atoms with Crippen LogP contribution in [0, 0.1) is 0 Å². The highest BCUT2D eigenvalue weighted by atomic mass is 16.2. The summed E-state index contributed by atoms with van der Waals surface area (Å²) in [6.45, 7) is 7.88. The molecule has 0 aromatic carbocycles. The molecule has 2 atom stereocenters. The Balaban J connectivity index is 2.89. The number of hydrogen-bond donors (Lipinski definition) is 1. The van der Waals surface area contributed by atoms with E-state index in [9.17, 15) is 9.59 Å². The molecular weight excluding hydrogens is 204 g/mol. The van der Waals surface area contributed by atoms with Crippen LogP contribution in [0.15, 0.2) is 0 Å². The van der Waals surface area contributed by atoms with Crippen molar-refractivity contribution < 1.29 is 9.59 Å². The zero-order chi connectivity index (χ0) is 12.3. The summed E-state index contributed by atoms with van der Waals surface area (Å²) in [7, 11) is 0. The number of amides is 2. The van der Waals surface area contributed by atoms with Crippen molar-refractivity contribution in [1.82, 2.24) is 10.2 Å². The molecule has 92 valence electrons. The molecule has 0 bridgehead atoms. The van der Waals surface area contributed by atoms with Crippen LogP contribution in [-0.4, -0.2) is 34.8 Å². The fraction of sp³-hybridized carbons (Fsp3) is 0.833. The average molecular weight is 226 g/mol. The first kappa shape index (κ1) is 13.0. The lowest BCUT2D eigenvalue weighted by Crippen LogP contribution is -2.64. The molecule has 1 N–H and O–H groups in total. The maximum atomic E-state index is 12.2. The number of carbonyl (C=O) groups is 2. The van der Waals surface area contributed by atoms with Gasteiger partial charge in [0.15, 0.2) is 0 Å². The maximum absolute atomic E-state index is 12.2. The van der Waals surface area contributed by atoms with Gasteiger partial charge in [0.25, 0.3) is 0 Å². The van der Waals surface area contributed by atoms with Gasteiger partial charge < -0.3 is 10.2 Å². The number of hydrogen-bond acceptors (Lipinski definition) is 2. The van der Waals surface area contributed by atoms with Crippen LogP contribution in [0.2, 0.25) is 0 Å². The molecule has 1 heterocycles. The average Bonchev–Trinajstić information content (AvgIpc) is 2.22. The molecule has 4 nitrogen and oxygen atoms in total. The van der Waals surface area contributed by atoms with Gasteiger partial charge in [-0.1, -0.05) is 20.3 Å². The number of nitrogens with one attached hydrogen (secondary N) is 1. The summed E-state index contributed by atoms with van der Waals surface area (Å²) in [5, 5.41) is 2.82. The van der Waals surface area contributed by atoms with Crippen molar-refractivity contribution in [2.45, 2.75) is 65.1 Å². The molecule has 1 aliphatic heterocycles. The van der Waals surface area contributed by atoms with Gasteiger partial charge in [-0.2, -0.15) is 0 Å². The minimum absolute atomic E-state index is 0.00532. The van der Waals surface area contributed by atoms with E-state index in [1.54, 1.807) is 4.90 Å². The lowest BCUT2D eigenvalue weighted by atomic mass is 10.0. The van der Waals surface area contributed by atoms with E-state index in [4.69, 9.17) is 0 Å². The topological polar surface area (TPSA) is 49.4 Å². The van der Waals surface area contributed by atoms with Crippen LogP contribution >= 0.6 is 0 Å². The molecule has 0 aliphatic carbocycles. The number of piperazine rings is 1. The van der Waals surface area contributed by atoms with Crippen molar-refractivity contribution in [3.63, 3.8) is 0 Å². The van der Waals surface area contributed by atoms with Crippen LogP contribution in [0.4, 0.5) is 0 Å². The molecule has 0 aromatic heterocycles. The maximum Gasteiger partial charge on any atom is 0.246 e. The fourth-order valence-corrected chi connectivity index (χ4v) is 2.27. The smallest absolute Gasteiger partial charge is 0.246 e. The van der Waals surface area contributed by atoms with Crippen LogP contribution in [0.1, 0.15) is 47.0 Å². The second-order valence-corrected chi connectivity index (χ2v) is 4.61. The number of carbonyl (C=O) groups excluding carboxylic acids is 2. The molecule has 0 spiro atoms. The van der Waals surface area contributed by atoms with Crippen molar-refractivity contribution >= 4 is 11.8 Å². The third-order valence-corrected chi connectivity index (χ3v) is 3.03. The lowest BCUT2D eigenvalue weighted by Gasteiger charge is -2.41. The van der Waals surface area contributed by atoms with Crippen molar-refractivity contribution in [2.75, 3.05) is 0 Å². The molecule has 0 aromatic rings. The number of rotatable bonds is 4. The Morgan fingerprint density at radius 3 is 2.38 bits per heavy atom. The van der Waals surface area contributed by atoms with E-state index in [-0.39, 0.29) is 29.9 Å². The molecule has 0 radical (unpaired) electrons. The quantitative estimate of drug-likeness (QED) is 0.785. The van der Waals surface area contributed by atoms with Gasteiger partial charge in [0.2, 0.25) is 11.8 Å². The van der Waals surface area contributed by atoms with Crippen molar-refractivity contribution in [2.24, 2.45) is 0 Å². The number of nitrogens with zero attached hydrogens (tertiary/aromatic N) is 1. The normalized spacial score (nSPS) is 26.2. The van der Waals surface area contributed by atoms with Crippen molar-refractivity contribution in [3.8, 4) is 0 Å². The lowest BCUT2D eigenvalue weighted by molar-refractivity contribution is -0.151. The third kappa shape index (κ3) is 2.36. The second-order valence-electron chi connectivity index (χ2n) is 4.61. The van der Waals surface area contributed by atoms with E-state index in [1.807, 2.05) is 27.7 Å². The summed E-state index contributed by atoms with van der Waals surface area (Å²) in [5.74, 6) is 0.0672. The highest BCUT2D eigenvalue weighted by Gasteiger charge is 2.40. The van der Waals surface area contributed by atoms with E-state index in [1.165, 1.54) is 0 Å². The van der Waals surface area contributed by atoms with E-state index in [0.717, 1.165) is 12.8 Å². The molecule has 2 unspecified atom stereocenters. The van der Waals surface area contributed by atoms with Crippen LogP contribution in [0.3, 0.4) is 0 Å². The van der Waals surface area contributed by atoms with Gasteiger partial charge in [-0.25, -0.2) is 0 Å². The van der Waals surface area contributed by atoms with Gasteiger partial charge in [-0.15, -0.1) is 0 Å². The Kier molecular flexibility index (Phi) is 4.33. The fourth-order valence-electron chi connectivity index (χ4n) is 2.27. The zero-order valence-corrected chi connectivity index (χ0v) is 10.6. The predicted molar refractivity (Wildman–Crippen MR) is 62.9 cm³/mol. The largest absolute Gasteiger partial charge is 0.343 e. The van der Waals surface area contributed by atoms with Crippen LogP contribution in [-0.2, 0) is 9.59 Å². The van der Waals surface area contributed by atoms with Gasteiger partial charge in [0.05, 0.1) is 0 Å². The summed E-state index contributed by atoms with van der Waals surface area (Å²) >= 11 is 0. The third-order valence-electron chi connectivity index (χ3n) is 3.03. The van der Waals surface area contributed by atoms with Crippen LogP contribution in [0.25, 0.3) is 0 Å². The first-order valence-corrected chi connectivity index (χ1v) is 6.15. The Morgan fingerprint density at radius 2 is 1.94 bits per heavy atom. The molecule has 2 amide bonds. The Morgan fingerprint density at radius 1 is 1.31 bits per heavy atom. The van der Waals surface area contributed by atoms with Crippen molar-refractivity contribution in [3.05, 3.63) is 0 Å². The van der Waals surface area contributed by atoms with E-state index in [2.05, 4.69) is 5.32 Å². The van der Waals surface area contributed by atoms with E-state index < -0.39 is 0 Å². The minimum atomic E-state index is -0.317. The van der Waals surface area contributed by atoms with Crippen molar-refractivity contribution in [1.29, 1.82) is 0 Å². The van der Waals surface area contributed by atoms with E-state index in [0.29, 0.717) is 6.42 Å². The highest BCUT2D eigenvalue weighted by Crippen LogP contribution is 2.18. The monoisotopic (exact) mass is 226 g/mol. The SMILES string of the molecule is CCCC1NC(=O)C(CC)N(C(C)C)C1=O. The molecule has 16 heavy (non-hydrogen) atoms. The molecule has 4 heteroatoms. The Labute approximate surface area is 97.4 Å². The summed E-state index contributed by atoms with van der Waals surface area (Å²) in [4.78, 5) is 25.8. The zero-order valence-electron chi connectivity index (χ0n) is 10.6. The van der Waals surface area contributed by atoms with E-state index >= 15 is 0 Å². The molecular formula is C12H22N2O2. The van der Waals surface area contributed by atoms with Gasteiger partial charge in [0.1, 0.15) is 12.1 Å². The Hall–Kier alpha value is -1.06. The first-order valence-electron chi connectivity index (χ1n) is 6.15. The minimum Gasteiger partial charge on any atom is -0.343 e. The summed E-state index contributed by atoms with van der Waals surface area (Å²) in [6.07, 6.45) is 2.30. The highest BCUT2D eigenvalue weighted by molar-refractivity contribution is 5.97. The standard InChI is InChI=1S/C12H22N2O2/c1-5-7-9-12(16)14(8(3)4)10(6-2)11(15)13-9/h8-10H,5-7H2,1-4H3,(H,13,15). The summed E-state index contributed by atoms with van der Waals surface area (Å²) in [5.41, 5.74) is 0. The van der Waals surface area contributed by atoms with Crippen LogP contribution < -0.4 is 5.32 Å². The molecule has 1 fully saturated rings. The van der Waals surface area contributed by atoms with Gasteiger partial charge in [-0.3, -0.25) is 9.59 Å². The summed E-state index contributed by atoms with van der Waals surface area (Å²) < 4.78 is 0.